The second-order valence-electron chi connectivity index (χ2n) is 6.70. The summed E-state index contributed by atoms with van der Waals surface area (Å²) in [7, 11) is 1.70. The number of amides is 1. The van der Waals surface area contributed by atoms with Crippen LogP contribution in [0.15, 0.2) is 42.0 Å². The van der Waals surface area contributed by atoms with E-state index in [-0.39, 0.29) is 23.5 Å². The van der Waals surface area contributed by atoms with Crippen LogP contribution in [-0.4, -0.2) is 37.1 Å². The normalized spacial score (nSPS) is 21.6. The molecule has 2 atom stereocenters. The van der Waals surface area contributed by atoms with Gasteiger partial charge in [0.1, 0.15) is 11.6 Å². The third-order valence-electron chi connectivity index (χ3n) is 4.48. The van der Waals surface area contributed by atoms with Crippen molar-refractivity contribution >= 4 is 5.91 Å². The predicted octanol–water partition coefficient (Wildman–Crippen LogP) is 3.20. The Morgan fingerprint density at radius 3 is 2.71 bits per heavy atom. The van der Waals surface area contributed by atoms with Crippen LogP contribution in [0.2, 0.25) is 0 Å². The minimum Gasteiger partial charge on any atom is -0.379 e. The first-order valence-electron chi connectivity index (χ1n) is 8.53. The number of allylic oxidation sites excluding steroid dienone is 1. The quantitative estimate of drug-likeness (QED) is 0.617. The molecule has 128 valence electrons. The summed E-state index contributed by atoms with van der Waals surface area (Å²) in [4.78, 5) is 14.3. The molecule has 0 saturated carbocycles. The van der Waals surface area contributed by atoms with Crippen molar-refractivity contribution in [3.63, 3.8) is 0 Å². The fourth-order valence-electron chi connectivity index (χ4n) is 3.23. The molecular weight excluding hydrogens is 300 g/mol. The average Bonchev–Trinajstić information content (AvgIpc) is 2.60. The molecule has 0 aliphatic carbocycles. The van der Waals surface area contributed by atoms with Crippen molar-refractivity contribution in [2.75, 3.05) is 20.2 Å². The van der Waals surface area contributed by atoms with Crippen molar-refractivity contribution in [3.05, 3.63) is 47.5 Å². The van der Waals surface area contributed by atoms with E-state index in [1.807, 2.05) is 38.1 Å². The van der Waals surface area contributed by atoms with Gasteiger partial charge >= 0.3 is 0 Å². The van der Waals surface area contributed by atoms with Crippen molar-refractivity contribution in [1.82, 2.24) is 4.90 Å². The van der Waals surface area contributed by atoms with Crippen molar-refractivity contribution in [2.45, 2.75) is 32.8 Å². The van der Waals surface area contributed by atoms with E-state index < -0.39 is 0 Å². The van der Waals surface area contributed by atoms with Gasteiger partial charge in [0.15, 0.2) is 0 Å². The Bertz CT molecular complexity index is 616. The second kappa shape index (κ2) is 8.65. The molecule has 1 aliphatic rings. The van der Waals surface area contributed by atoms with E-state index in [1.165, 1.54) is 5.56 Å². The first-order chi connectivity index (χ1) is 11.5. The van der Waals surface area contributed by atoms with Gasteiger partial charge in [0, 0.05) is 20.2 Å². The first kappa shape index (κ1) is 18.2. The van der Waals surface area contributed by atoms with E-state index >= 15 is 0 Å². The van der Waals surface area contributed by atoms with Crippen LogP contribution >= 0.6 is 0 Å². The van der Waals surface area contributed by atoms with Crippen LogP contribution in [0, 0.1) is 23.2 Å². The second-order valence-corrected chi connectivity index (χ2v) is 6.70. The molecule has 1 aliphatic heterocycles. The smallest absolute Gasteiger partial charge is 0.264 e. The van der Waals surface area contributed by atoms with Crippen LogP contribution < -0.4 is 0 Å². The Balaban J connectivity index is 2.04. The van der Waals surface area contributed by atoms with Crippen LogP contribution in [0.4, 0.5) is 0 Å². The van der Waals surface area contributed by atoms with Gasteiger partial charge in [-0.05, 0) is 30.2 Å². The zero-order valence-corrected chi connectivity index (χ0v) is 14.7. The van der Waals surface area contributed by atoms with Crippen LogP contribution in [0.5, 0.6) is 0 Å². The molecule has 1 amide bonds. The Kier molecular flexibility index (Phi) is 6.57. The summed E-state index contributed by atoms with van der Waals surface area (Å²) in [6.45, 7) is 5.15. The maximum Gasteiger partial charge on any atom is 0.264 e. The van der Waals surface area contributed by atoms with Crippen LogP contribution in [-0.2, 0) is 16.0 Å². The van der Waals surface area contributed by atoms with Gasteiger partial charge in [-0.2, -0.15) is 5.26 Å². The first-order valence-corrected chi connectivity index (χ1v) is 8.53. The highest BCUT2D eigenvalue weighted by molar-refractivity contribution is 5.97. The van der Waals surface area contributed by atoms with Gasteiger partial charge in [0.25, 0.3) is 5.91 Å². The Hall–Kier alpha value is -2.12. The number of methoxy groups -OCH3 is 1. The van der Waals surface area contributed by atoms with Gasteiger partial charge in [0.05, 0.1) is 6.10 Å². The summed E-state index contributed by atoms with van der Waals surface area (Å²) < 4.78 is 5.65. The van der Waals surface area contributed by atoms with Crippen molar-refractivity contribution in [3.8, 4) is 6.07 Å². The van der Waals surface area contributed by atoms with E-state index in [9.17, 15) is 10.1 Å². The van der Waals surface area contributed by atoms with E-state index in [1.54, 1.807) is 18.1 Å². The Labute approximate surface area is 144 Å². The van der Waals surface area contributed by atoms with Gasteiger partial charge in [-0.1, -0.05) is 50.3 Å². The lowest BCUT2D eigenvalue weighted by Gasteiger charge is -2.38. The van der Waals surface area contributed by atoms with E-state index in [4.69, 9.17) is 4.74 Å². The van der Waals surface area contributed by atoms with Gasteiger partial charge in [-0.3, -0.25) is 4.79 Å². The van der Waals surface area contributed by atoms with Gasteiger partial charge in [0.2, 0.25) is 0 Å². The topological polar surface area (TPSA) is 53.3 Å². The third kappa shape index (κ3) is 4.69. The molecule has 1 fully saturated rings. The van der Waals surface area contributed by atoms with Crippen molar-refractivity contribution in [2.24, 2.45) is 11.8 Å². The zero-order chi connectivity index (χ0) is 17.5. The Morgan fingerprint density at radius 2 is 2.12 bits per heavy atom. The van der Waals surface area contributed by atoms with Crippen molar-refractivity contribution < 1.29 is 9.53 Å². The zero-order valence-electron chi connectivity index (χ0n) is 14.7. The van der Waals surface area contributed by atoms with E-state index in [0.29, 0.717) is 19.0 Å². The highest BCUT2D eigenvalue weighted by Gasteiger charge is 2.32. The van der Waals surface area contributed by atoms with Crippen LogP contribution in [0.25, 0.3) is 0 Å². The SMILES string of the molecule is CO[C@H]1CN(C(=O)C(C#N)=CC(C)C)CC[C@@H]1Cc1ccccc1. The molecule has 4 nitrogen and oxygen atoms in total. The molecule has 0 unspecified atom stereocenters. The molecule has 0 aromatic heterocycles. The summed E-state index contributed by atoms with van der Waals surface area (Å²) in [5.41, 5.74) is 1.53. The molecular formula is C20H26N2O2. The number of ether oxygens (including phenoxy) is 1. The number of carbonyl (C=O) groups excluding carboxylic acids is 1. The van der Waals surface area contributed by atoms with Crippen LogP contribution in [0.3, 0.4) is 0 Å². The standard InChI is InChI=1S/C20H26N2O2/c1-15(2)11-18(13-21)20(23)22-10-9-17(19(14-22)24-3)12-16-7-5-4-6-8-16/h4-8,11,15,17,19H,9-10,12,14H2,1-3H3/t17-,19+/m1/s1. The molecule has 0 bridgehead atoms. The maximum absolute atomic E-state index is 12.6. The highest BCUT2D eigenvalue weighted by Crippen LogP contribution is 2.25. The number of hydrogen-bond donors (Lipinski definition) is 0. The molecule has 0 spiro atoms. The average molecular weight is 326 g/mol. The minimum atomic E-state index is -0.175. The number of likely N-dealkylation sites (tertiary alicyclic amines) is 1. The maximum atomic E-state index is 12.6. The molecule has 1 aromatic rings. The lowest BCUT2D eigenvalue weighted by molar-refractivity contribution is -0.132. The van der Waals surface area contributed by atoms with Gasteiger partial charge in [-0.15, -0.1) is 0 Å². The Morgan fingerprint density at radius 1 is 1.42 bits per heavy atom. The molecule has 2 rings (SSSR count). The van der Waals surface area contributed by atoms with E-state index in [0.717, 1.165) is 12.8 Å². The summed E-state index contributed by atoms with van der Waals surface area (Å²) >= 11 is 0. The summed E-state index contributed by atoms with van der Waals surface area (Å²) in [6, 6.07) is 12.4. The van der Waals surface area contributed by atoms with E-state index in [2.05, 4.69) is 12.1 Å². The molecule has 0 radical (unpaired) electrons. The summed E-state index contributed by atoms with van der Waals surface area (Å²) in [5, 5.41) is 9.25. The van der Waals surface area contributed by atoms with Crippen LogP contribution in [0.1, 0.15) is 25.8 Å². The third-order valence-corrected chi connectivity index (χ3v) is 4.48. The monoisotopic (exact) mass is 326 g/mol. The fraction of sp³-hybridized carbons (Fsp3) is 0.500. The number of piperidine rings is 1. The molecule has 1 heterocycles. The number of carbonyl (C=O) groups is 1. The molecule has 1 saturated heterocycles. The molecule has 24 heavy (non-hydrogen) atoms. The lowest BCUT2D eigenvalue weighted by atomic mass is 9.87. The van der Waals surface area contributed by atoms with Gasteiger partial charge in [-0.25, -0.2) is 0 Å². The predicted molar refractivity (Wildman–Crippen MR) is 94.2 cm³/mol. The minimum absolute atomic E-state index is 0.00176. The summed E-state index contributed by atoms with van der Waals surface area (Å²) in [6.07, 6.45) is 3.58. The number of nitriles is 1. The number of nitrogens with zero attached hydrogens (tertiary/aromatic N) is 2. The van der Waals surface area contributed by atoms with Gasteiger partial charge < -0.3 is 9.64 Å². The molecule has 0 N–H and O–H groups in total. The number of hydrogen-bond acceptors (Lipinski definition) is 3. The molecule has 4 heteroatoms. The molecule has 1 aromatic carbocycles. The fourth-order valence-corrected chi connectivity index (χ4v) is 3.23. The number of benzene rings is 1. The largest absolute Gasteiger partial charge is 0.379 e. The summed E-state index contributed by atoms with van der Waals surface area (Å²) in [5.74, 6) is 0.393. The van der Waals surface area contributed by atoms with Crippen molar-refractivity contribution in [1.29, 1.82) is 5.26 Å². The lowest BCUT2D eigenvalue weighted by Crippen LogP contribution is -2.48. The highest BCUT2D eigenvalue weighted by atomic mass is 16.5. The number of rotatable bonds is 5.